The second kappa shape index (κ2) is 6.19. The lowest BCUT2D eigenvalue weighted by atomic mass is 10.2. The van der Waals surface area contributed by atoms with Gasteiger partial charge in [-0.25, -0.2) is 9.78 Å². The Hall–Kier alpha value is -2.34. The molecule has 5 nitrogen and oxygen atoms in total. The summed E-state index contributed by atoms with van der Waals surface area (Å²) in [6.45, 7) is 5.23. The molecular formula is C16H18N4OS. The van der Waals surface area contributed by atoms with E-state index in [-0.39, 0.29) is 6.03 Å². The summed E-state index contributed by atoms with van der Waals surface area (Å²) in [5.41, 5.74) is 3.34. The number of thiophene rings is 1. The van der Waals surface area contributed by atoms with Crippen LogP contribution in [0.3, 0.4) is 0 Å². The molecule has 0 unspecified atom stereocenters. The first kappa shape index (κ1) is 14.6. The van der Waals surface area contributed by atoms with Gasteiger partial charge in [-0.2, -0.15) is 0 Å². The lowest BCUT2D eigenvalue weighted by Crippen LogP contribution is -2.34. The number of hydrogen-bond donors (Lipinski definition) is 2. The van der Waals surface area contributed by atoms with E-state index in [1.165, 1.54) is 15.3 Å². The standard InChI is InChI=1S/C16H18N4OS/c1-11-5-15(22-12(11)2)8-19-16(21)18-6-13-3-4-14-7-17-10-20(14)9-13/h3-5,7,9-10H,6,8H2,1-2H3,(H2,18,19,21). The fourth-order valence-corrected chi connectivity index (χ4v) is 3.21. The zero-order chi connectivity index (χ0) is 15.5. The molecule has 0 aliphatic carbocycles. The quantitative estimate of drug-likeness (QED) is 0.778. The van der Waals surface area contributed by atoms with E-state index in [0.29, 0.717) is 13.1 Å². The smallest absolute Gasteiger partial charge is 0.315 e. The number of urea groups is 1. The van der Waals surface area contributed by atoms with E-state index in [1.54, 1.807) is 23.9 Å². The Balaban J connectivity index is 1.51. The van der Waals surface area contributed by atoms with Crippen molar-refractivity contribution in [1.82, 2.24) is 20.0 Å². The van der Waals surface area contributed by atoms with Gasteiger partial charge in [-0.15, -0.1) is 11.3 Å². The zero-order valence-electron chi connectivity index (χ0n) is 12.6. The van der Waals surface area contributed by atoms with E-state index in [4.69, 9.17) is 0 Å². The third-order valence-corrected chi connectivity index (χ3v) is 4.71. The highest BCUT2D eigenvalue weighted by molar-refractivity contribution is 7.12. The normalized spacial score (nSPS) is 10.8. The molecule has 2 amide bonds. The van der Waals surface area contributed by atoms with Crippen molar-refractivity contribution in [3.8, 4) is 0 Å². The zero-order valence-corrected chi connectivity index (χ0v) is 13.4. The second-order valence-electron chi connectivity index (χ2n) is 5.25. The molecule has 0 saturated heterocycles. The van der Waals surface area contributed by atoms with Crippen LogP contribution in [0.5, 0.6) is 0 Å². The second-order valence-corrected chi connectivity index (χ2v) is 6.59. The lowest BCUT2D eigenvalue weighted by molar-refractivity contribution is 0.240. The van der Waals surface area contributed by atoms with Gasteiger partial charge < -0.3 is 15.0 Å². The average Bonchev–Trinajstić information content (AvgIpc) is 3.09. The van der Waals surface area contributed by atoms with Crippen LogP contribution < -0.4 is 10.6 Å². The van der Waals surface area contributed by atoms with Crippen molar-refractivity contribution in [3.05, 3.63) is 57.8 Å². The number of imidazole rings is 1. The van der Waals surface area contributed by atoms with Crippen LogP contribution in [0.4, 0.5) is 4.79 Å². The summed E-state index contributed by atoms with van der Waals surface area (Å²) in [6.07, 6.45) is 5.52. The van der Waals surface area contributed by atoms with Crippen molar-refractivity contribution in [2.45, 2.75) is 26.9 Å². The summed E-state index contributed by atoms with van der Waals surface area (Å²) in [5.74, 6) is 0. The molecule has 0 bridgehead atoms. The molecule has 0 fully saturated rings. The van der Waals surface area contributed by atoms with Crippen LogP contribution >= 0.6 is 11.3 Å². The van der Waals surface area contributed by atoms with Gasteiger partial charge in [0.05, 0.1) is 24.6 Å². The molecule has 3 aromatic rings. The number of rotatable bonds is 4. The molecule has 0 aromatic carbocycles. The highest BCUT2D eigenvalue weighted by Gasteiger charge is 2.05. The van der Waals surface area contributed by atoms with E-state index in [9.17, 15) is 4.79 Å². The van der Waals surface area contributed by atoms with Gasteiger partial charge in [0.1, 0.15) is 0 Å². The maximum Gasteiger partial charge on any atom is 0.315 e. The number of pyridine rings is 1. The molecule has 2 N–H and O–H groups in total. The summed E-state index contributed by atoms with van der Waals surface area (Å²) in [5, 5.41) is 5.75. The van der Waals surface area contributed by atoms with Crippen LogP contribution in [-0.2, 0) is 13.1 Å². The maximum absolute atomic E-state index is 11.9. The predicted molar refractivity (Wildman–Crippen MR) is 88.1 cm³/mol. The van der Waals surface area contributed by atoms with Crippen LogP contribution in [0.25, 0.3) is 5.52 Å². The predicted octanol–water partition coefficient (Wildman–Crippen LogP) is 3.01. The molecule has 0 radical (unpaired) electrons. The molecule has 3 aromatic heterocycles. The Morgan fingerprint density at radius 3 is 2.86 bits per heavy atom. The number of amides is 2. The van der Waals surface area contributed by atoms with Gasteiger partial charge in [0.15, 0.2) is 0 Å². The first-order valence-corrected chi connectivity index (χ1v) is 7.91. The average molecular weight is 314 g/mol. The summed E-state index contributed by atoms with van der Waals surface area (Å²) in [7, 11) is 0. The molecule has 22 heavy (non-hydrogen) atoms. The highest BCUT2D eigenvalue weighted by Crippen LogP contribution is 2.20. The van der Waals surface area contributed by atoms with Crippen LogP contribution in [0.15, 0.2) is 36.9 Å². The summed E-state index contributed by atoms with van der Waals surface area (Å²) >= 11 is 1.72. The van der Waals surface area contributed by atoms with Gasteiger partial charge in [0.25, 0.3) is 0 Å². The fraction of sp³-hybridized carbons (Fsp3) is 0.250. The minimum atomic E-state index is -0.158. The SMILES string of the molecule is Cc1cc(CNC(=O)NCc2ccc3cncn3c2)sc1C. The first-order valence-electron chi connectivity index (χ1n) is 7.10. The topological polar surface area (TPSA) is 58.4 Å². The third-order valence-electron chi connectivity index (χ3n) is 3.56. The number of nitrogens with one attached hydrogen (secondary N) is 2. The molecule has 0 atom stereocenters. The Kier molecular flexibility index (Phi) is 4.11. The number of hydrogen-bond acceptors (Lipinski definition) is 3. The molecular weight excluding hydrogens is 296 g/mol. The minimum absolute atomic E-state index is 0.158. The van der Waals surface area contributed by atoms with Crippen molar-refractivity contribution >= 4 is 22.9 Å². The molecule has 114 valence electrons. The van der Waals surface area contributed by atoms with Crippen LogP contribution in [0.1, 0.15) is 20.9 Å². The highest BCUT2D eigenvalue weighted by atomic mass is 32.1. The van der Waals surface area contributed by atoms with Crippen LogP contribution in [0, 0.1) is 13.8 Å². The molecule has 0 aliphatic rings. The van der Waals surface area contributed by atoms with Gasteiger partial charge in [-0.05, 0) is 37.1 Å². The lowest BCUT2D eigenvalue weighted by Gasteiger charge is -2.07. The summed E-state index contributed by atoms with van der Waals surface area (Å²) < 4.78 is 1.94. The summed E-state index contributed by atoms with van der Waals surface area (Å²) in [6, 6.07) is 5.93. The van der Waals surface area contributed by atoms with Crippen molar-refractivity contribution in [2.75, 3.05) is 0 Å². The monoisotopic (exact) mass is 314 g/mol. The van der Waals surface area contributed by atoms with E-state index >= 15 is 0 Å². The number of fused-ring (bicyclic) bond motifs is 1. The molecule has 0 aliphatic heterocycles. The fourth-order valence-electron chi connectivity index (χ4n) is 2.22. The van der Waals surface area contributed by atoms with Gasteiger partial charge in [0.2, 0.25) is 0 Å². The third kappa shape index (κ3) is 3.28. The minimum Gasteiger partial charge on any atom is -0.334 e. The number of aromatic nitrogens is 2. The Morgan fingerprint density at radius 2 is 2.09 bits per heavy atom. The number of aryl methyl sites for hydroxylation is 2. The van der Waals surface area contributed by atoms with Crippen molar-refractivity contribution < 1.29 is 4.79 Å². The van der Waals surface area contributed by atoms with Gasteiger partial charge >= 0.3 is 6.03 Å². The van der Waals surface area contributed by atoms with E-state index < -0.39 is 0 Å². The molecule has 6 heteroatoms. The Labute approximate surface area is 133 Å². The Bertz CT molecular complexity index is 786. The first-order chi connectivity index (χ1) is 10.6. The van der Waals surface area contributed by atoms with Crippen molar-refractivity contribution in [2.24, 2.45) is 0 Å². The largest absolute Gasteiger partial charge is 0.334 e. The van der Waals surface area contributed by atoms with Crippen molar-refractivity contribution in [3.63, 3.8) is 0 Å². The van der Waals surface area contributed by atoms with Crippen molar-refractivity contribution in [1.29, 1.82) is 0 Å². The number of nitrogens with zero attached hydrogens (tertiary/aromatic N) is 2. The van der Waals surface area contributed by atoms with Gasteiger partial charge in [-0.3, -0.25) is 0 Å². The maximum atomic E-state index is 11.9. The van der Waals surface area contributed by atoms with Gasteiger partial charge in [0, 0.05) is 22.5 Å². The Morgan fingerprint density at radius 1 is 1.27 bits per heavy atom. The van der Waals surface area contributed by atoms with Crippen LogP contribution in [-0.4, -0.2) is 15.4 Å². The van der Waals surface area contributed by atoms with E-state index in [1.807, 2.05) is 22.7 Å². The summed E-state index contributed by atoms with van der Waals surface area (Å²) in [4.78, 5) is 18.4. The van der Waals surface area contributed by atoms with Crippen LogP contribution in [0.2, 0.25) is 0 Å². The van der Waals surface area contributed by atoms with E-state index in [0.717, 1.165) is 11.1 Å². The molecule has 3 heterocycles. The van der Waals surface area contributed by atoms with E-state index in [2.05, 4.69) is 35.5 Å². The number of carbonyl (C=O) groups is 1. The number of carbonyl (C=O) groups excluding carboxylic acids is 1. The molecule has 0 saturated carbocycles. The van der Waals surface area contributed by atoms with Gasteiger partial charge in [-0.1, -0.05) is 6.07 Å². The molecule has 0 spiro atoms. The molecule has 3 rings (SSSR count).